The van der Waals surface area contributed by atoms with Gasteiger partial charge < -0.3 is 9.15 Å². The third-order valence-corrected chi connectivity index (χ3v) is 4.11. The summed E-state index contributed by atoms with van der Waals surface area (Å²) in [6.07, 6.45) is 0. The van der Waals surface area contributed by atoms with Gasteiger partial charge in [-0.3, -0.25) is 10.1 Å². The summed E-state index contributed by atoms with van der Waals surface area (Å²) in [4.78, 5) is 16.7. The number of hydrogen-bond acceptors (Lipinski definition) is 5. The molecule has 0 saturated carbocycles. The molecule has 2 aromatic heterocycles. The highest BCUT2D eigenvalue weighted by Crippen LogP contribution is 2.29. The number of anilines is 1. The molecule has 0 radical (unpaired) electrons. The van der Waals surface area contributed by atoms with E-state index in [-0.39, 0.29) is 5.91 Å². The van der Waals surface area contributed by atoms with Crippen LogP contribution in [0.3, 0.4) is 0 Å². The Balaban J connectivity index is 1.84. The molecule has 0 aliphatic rings. The first-order valence-corrected chi connectivity index (χ1v) is 7.80. The van der Waals surface area contributed by atoms with Gasteiger partial charge in [0.1, 0.15) is 17.3 Å². The number of rotatable bonds is 4. The predicted molar refractivity (Wildman–Crippen MR) is 86.9 cm³/mol. The van der Waals surface area contributed by atoms with E-state index in [4.69, 9.17) is 9.15 Å². The van der Waals surface area contributed by atoms with Crippen molar-refractivity contribution in [1.29, 1.82) is 0 Å². The Morgan fingerprint density at radius 2 is 2.18 bits per heavy atom. The van der Waals surface area contributed by atoms with Gasteiger partial charge >= 0.3 is 0 Å². The highest BCUT2D eigenvalue weighted by atomic mass is 32.1. The van der Waals surface area contributed by atoms with E-state index < -0.39 is 0 Å². The van der Waals surface area contributed by atoms with Gasteiger partial charge in [0.2, 0.25) is 0 Å². The van der Waals surface area contributed by atoms with Gasteiger partial charge in [-0.25, -0.2) is 4.98 Å². The molecule has 1 aromatic carbocycles. The zero-order valence-electron chi connectivity index (χ0n) is 12.6. The van der Waals surface area contributed by atoms with E-state index in [2.05, 4.69) is 10.3 Å². The number of aryl methyl sites for hydroxylation is 2. The van der Waals surface area contributed by atoms with Gasteiger partial charge in [0, 0.05) is 0 Å². The van der Waals surface area contributed by atoms with E-state index in [9.17, 15) is 4.79 Å². The van der Waals surface area contributed by atoms with Crippen LogP contribution in [-0.4, -0.2) is 17.5 Å². The van der Waals surface area contributed by atoms with Gasteiger partial charge in [-0.2, -0.15) is 0 Å². The molecule has 1 amide bonds. The number of furan rings is 1. The van der Waals surface area contributed by atoms with Crippen molar-refractivity contribution < 1.29 is 13.9 Å². The summed E-state index contributed by atoms with van der Waals surface area (Å²) >= 11 is 1.42. The Bertz CT molecular complexity index is 835. The summed E-state index contributed by atoms with van der Waals surface area (Å²) < 4.78 is 11.8. The lowest BCUT2D eigenvalue weighted by atomic mass is 10.2. The van der Waals surface area contributed by atoms with Crippen LogP contribution in [0.25, 0.3) is 10.2 Å². The van der Waals surface area contributed by atoms with E-state index in [1.54, 1.807) is 13.0 Å². The van der Waals surface area contributed by atoms with Crippen molar-refractivity contribution >= 4 is 32.6 Å². The number of hydrogen-bond donors (Lipinski definition) is 1. The normalized spacial score (nSPS) is 10.9. The van der Waals surface area contributed by atoms with E-state index >= 15 is 0 Å². The number of carbonyl (C=O) groups excluding carboxylic acids is 1. The Morgan fingerprint density at radius 3 is 2.86 bits per heavy atom. The molecule has 6 heteroatoms. The minimum atomic E-state index is -0.210. The van der Waals surface area contributed by atoms with Gasteiger partial charge in [-0.15, -0.1) is 0 Å². The molecule has 3 aromatic rings. The summed E-state index contributed by atoms with van der Waals surface area (Å²) in [6.45, 7) is 6.15. The fourth-order valence-corrected chi connectivity index (χ4v) is 3.12. The van der Waals surface area contributed by atoms with Crippen molar-refractivity contribution in [3.05, 3.63) is 41.3 Å². The summed E-state index contributed by atoms with van der Waals surface area (Å²) in [6, 6.07) is 7.42. The minimum Gasteiger partial charge on any atom is -0.494 e. The largest absolute Gasteiger partial charge is 0.494 e. The zero-order valence-corrected chi connectivity index (χ0v) is 13.4. The molecule has 0 unspecified atom stereocenters. The maximum Gasteiger partial charge on any atom is 0.260 e. The Morgan fingerprint density at radius 1 is 1.36 bits per heavy atom. The topological polar surface area (TPSA) is 64.4 Å². The number of fused-ring (bicyclic) bond motifs is 1. The Kier molecular flexibility index (Phi) is 3.85. The van der Waals surface area contributed by atoms with E-state index in [0.29, 0.717) is 28.8 Å². The predicted octanol–water partition coefficient (Wildman–Crippen LogP) is 4.16. The molecule has 5 nitrogen and oxygen atoms in total. The smallest absolute Gasteiger partial charge is 0.260 e. The second-order valence-electron chi connectivity index (χ2n) is 4.86. The molecule has 1 N–H and O–H groups in total. The number of thiazole rings is 1. The third-order valence-electron chi connectivity index (χ3n) is 3.18. The second-order valence-corrected chi connectivity index (χ2v) is 5.89. The SMILES string of the molecule is CCOc1ccc2nc(NC(=O)c3cc(C)oc3C)sc2c1. The molecule has 0 aliphatic heterocycles. The fourth-order valence-electron chi connectivity index (χ4n) is 2.24. The molecular weight excluding hydrogens is 300 g/mol. The standard InChI is InChI=1S/C16H16N2O3S/c1-4-20-11-5-6-13-14(8-11)22-16(17-13)18-15(19)12-7-9(2)21-10(12)3/h5-8H,4H2,1-3H3,(H,17,18,19). The van der Waals surface area contributed by atoms with Crippen LogP contribution in [0.4, 0.5) is 5.13 Å². The lowest BCUT2D eigenvalue weighted by molar-refractivity contribution is 0.102. The molecule has 0 spiro atoms. The number of amides is 1. The lowest BCUT2D eigenvalue weighted by Crippen LogP contribution is -2.11. The summed E-state index contributed by atoms with van der Waals surface area (Å²) in [5.41, 5.74) is 1.37. The maximum absolute atomic E-state index is 12.3. The number of nitrogens with one attached hydrogen (secondary N) is 1. The fraction of sp³-hybridized carbons (Fsp3) is 0.250. The highest BCUT2D eigenvalue weighted by Gasteiger charge is 2.15. The Hall–Kier alpha value is -2.34. The van der Waals surface area contributed by atoms with Gasteiger partial charge in [-0.05, 0) is 45.0 Å². The van der Waals surface area contributed by atoms with Crippen LogP contribution in [0.15, 0.2) is 28.7 Å². The molecule has 0 atom stereocenters. The third kappa shape index (κ3) is 2.82. The number of benzene rings is 1. The molecule has 0 fully saturated rings. The van der Waals surface area contributed by atoms with Crippen molar-refractivity contribution in [3.63, 3.8) is 0 Å². The summed E-state index contributed by atoms with van der Waals surface area (Å²) in [7, 11) is 0. The number of nitrogens with zero attached hydrogens (tertiary/aromatic N) is 1. The maximum atomic E-state index is 12.3. The Labute approximate surface area is 131 Å². The number of carbonyl (C=O) groups is 1. The van der Waals surface area contributed by atoms with Crippen molar-refractivity contribution in [2.75, 3.05) is 11.9 Å². The van der Waals surface area contributed by atoms with Crippen LogP contribution >= 0.6 is 11.3 Å². The van der Waals surface area contributed by atoms with Gasteiger partial charge in [0.15, 0.2) is 5.13 Å². The first kappa shape index (κ1) is 14.6. The molecule has 114 valence electrons. The summed E-state index contributed by atoms with van der Waals surface area (Å²) in [5, 5.41) is 3.38. The van der Waals surface area contributed by atoms with E-state index in [0.717, 1.165) is 16.0 Å². The first-order valence-electron chi connectivity index (χ1n) is 6.98. The van der Waals surface area contributed by atoms with Crippen LogP contribution in [0, 0.1) is 13.8 Å². The monoisotopic (exact) mass is 316 g/mol. The van der Waals surface area contributed by atoms with E-state index in [1.807, 2.05) is 32.0 Å². The second kappa shape index (κ2) is 5.81. The molecule has 2 heterocycles. The molecular formula is C16H16N2O3S. The average molecular weight is 316 g/mol. The zero-order chi connectivity index (χ0) is 15.7. The molecule has 0 aliphatic carbocycles. The van der Waals surface area contributed by atoms with Crippen LogP contribution in [0.2, 0.25) is 0 Å². The quantitative estimate of drug-likeness (QED) is 0.785. The van der Waals surface area contributed by atoms with Crippen molar-refractivity contribution in [2.24, 2.45) is 0 Å². The van der Waals surface area contributed by atoms with E-state index in [1.165, 1.54) is 11.3 Å². The van der Waals surface area contributed by atoms with Crippen LogP contribution in [0.5, 0.6) is 5.75 Å². The van der Waals surface area contributed by atoms with Gasteiger partial charge in [0.25, 0.3) is 5.91 Å². The van der Waals surface area contributed by atoms with Crippen molar-refractivity contribution in [3.8, 4) is 5.75 Å². The van der Waals surface area contributed by atoms with Crippen molar-refractivity contribution in [1.82, 2.24) is 4.98 Å². The van der Waals surface area contributed by atoms with Gasteiger partial charge in [0.05, 0.1) is 22.4 Å². The molecule has 0 saturated heterocycles. The van der Waals surface area contributed by atoms with Gasteiger partial charge in [-0.1, -0.05) is 11.3 Å². The summed E-state index contributed by atoms with van der Waals surface area (Å²) in [5.74, 6) is 1.92. The highest BCUT2D eigenvalue weighted by molar-refractivity contribution is 7.22. The number of aromatic nitrogens is 1. The number of ether oxygens (including phenoxy) is 1. The average Bonchev–Trinajstić information content (AvgIpc) is 3.01. The van der Waals surface area contributed by atoms with Crippen LogP contribution < -0.4 is 10.1 Å². The molecule has 3 rings (SSSR count). The first-order chi connectivity index (χ1) is 10.6. The molecule has 0 bridgehead atoms. The van der Waals surface area contributed by atoms with Crippen molar-refractivity contribution in [2.45, 2.75) is 20.8 Å². The molecule has 22 heavy (non-hydrogen) atoms. The van der Waals surface area contributed by atoms with Crippen LogP contribution in [0.1, 0.15) is 28.8 Å². The lowest BCUT2D eigenvalue weighted by Gasteiger charge is -2.00. The minimum absolute atomic E-state index is 0.210. The van der Waals surface area contributed by atoms with Crippen LogP contribution in [-0.2, 0) is 0 Å².